The fourth-order valence-corrected chi connectivity index (χ4v) is 2.48. The Labute approximate surface area is 190 Å². The van der Waals surface area contributed by atoms with E-state index in [1.54, 1.807) is 44.2 Å². The van der Waals surface area contributed by atoms with Gasteiger partial charge in [0.25, 0.3) is 0 Å². The number of guanidine groups is 1. The summed E-state index contributed by atoms with van der Waals surface area (Å²) < 4.78 is 55.2. The Morgan fingerprint density at radius 1 is 1.00 bits per heavy atom. The molecule has 0 amide bonds. The maximum atomic E-state index is 14.0. The molecule has 2 rings (SSSR count). The van der Waals surface area contributed by atoms with Crippen molar-refractivity contribution in [3.8, 4) is 5.75 Å². The van der Waals surface area contributed by atoms with E-state index in [4.69, 9.17) is 0 Å². The van der Waals surface area contributed by atoms with Crippen LogP contribution in [0.3, 0.4) is 0 Å². The third kappa shape index (κ3) is 8.64. The summed E-state index contributed by atoms with van der Waals surface area (Å²) in [6, 6.07) is 11.3. The van der Waals surface area contributed by atoms with Gasteiger partial charge in [0, 0.05) is 34.2 Å². The molecule has 0 aliphatic heterocycles. The second-order valence-electron chi connectivity index (χ2n) is 6.51. The summed E-state index contributed by atoms with van der Waals surface area (Å²) in [7, 11) is 5.16. The Kier molecular flexibility index (Phi) is 10.2. The predicted molar refractivity (Wildman–Crippen MR) is 121 cm³/mol. The summed E-state index contributed by atoms with van der Waals surface area (Å²) in [6.07, 6.45) is -4.37. The van der Waals surface area contributed by atoms with E-state index < -0.39 is 12.8 Å². The molecule has 2 N–H and O–H groups in total. The largest absolute Gasteiger partial charge is 0.484 e. The number of nitrogens with zero attached hydrogens (tertiary/aromatic N) is 2. The normalized spacial score (nSPS) is 11.5. The number of alkyl halides is 3. The lowest BCUT2D eigenvalue weighted by Gasteiger charge is -2.15. The molecule has 0 fully saturated rings. The van der Waals surface area contributed by atoms with Gasteiger partial charge in [0.15, 0.2) is 12.6 Å². The highest BCUT2D eigenvalue weighted by Crippen LogP contribution is 2.19. The highest BCUT2D eigenvalue weighted by atomic mass is 127. The molecule has 0 spiro atoms. The van der Waals surface area contributed by atoms with Gasteiger partial charge in [0.2, 0.25) is 0 Å². The number of rotatable bonds is 7. The number of aliphatic imine (C=N–C) groups is 1. The summed E-state index contributed by atoms with van der Waals surface area (Å²) in [5.74, 6) is 0.362. The van der Waals surface area contributed by atoms with Gasteiger partial charge in [-0.2, -0.15) is 13.2 Å². The number of ether oxygens (including phenoxy) is 1. The number of hydrogen-bond acceptors (Lipinski definition) is 3. The number of benzene rings is 2. The number of halogens is 5. The van der Waals surface area contributed by atoms with Gasteiger partial charge in [-0.05, 0) is 35.4 Å². The summed E-state index contributed by atoms with van der Waals surface area (Å²) in [4.78, 5) is 5.80. The van der Waals surface area contributed by atoms with Crippen LogP contribution < -0.4 is 20.3 Å². The maximum absolute atomic E-state index is 14.0. The zero-order valence-electron chi connectivity index (χ0n) is 16.9. The van der Waals surface area contributed by atoms with E-state index in [-0.39, 0.29) is 35.5 Å². The van der Waals surface area contributed by atoms with Crippen LogP contribution in [0.2, 0.25) is 0 Å². The van der Waals surface area contributed by atoms with Crippen molar-refractivity contribution in [1.82, 2.24) is 10.6 Å². The molecular weight excluding hydrogens is 515 g/mol. The van der Waals surface area contributed by atoms with Crippen molar-refractivity contribution in [3.05, 3.63) is 59.4 Å². The van der Waals surface area contributed by atoms with Gasteiger partial charge in [-0.25, -0.2) is 4.39 Å². The molecule has 2 aromatic carbocycles. The molecule has 0 heterocycles. The summed E-state index contributed by atoms with van der Waals surface area (Å²) in [6.45, 7) is -0.529. The molecule has 166 valence electrons. The van der Waals surface area contributed by atoms with Crippen molar-refractivity contribution in [1.29, 1.82) is 0 Å². The molecule has 0 aliphatic rings. The van der Waals surface area contributed by atoms with Crippen LogP contribution in [0.5, 0.6) is 5.75 Å². The Hall–Kier alpha value is -2.24. The third-order valence-electron chi connectivity index (χ3n) is 3.96. The lowest BCUT2D eigenvalue weighted by Crippen LogP contribution is -2.36. The van der Waals surface area contributed by atoms with Gasteiger partial charge in [-0.15, -0.1) is 24.0 Å². The molecule has 0 bridgehead atoms. The molecule has 0 unspecified atom stereocenters. The van der Waals surface area contributed by atoms with E-state index in [0.717, 1.165) is 11.1 Å². The van der Waals surface area contributed by atoms with Crippen LogP contribution in [0.1, 0.15) is 11.1 Å². The van der Waals surface area contributed by atoms with Crippen molar-refractivity contribution in [2.24, 2.45) is 4.99 Å². The van der Waals surface area contributed by atoms with Gasteiger partial charge < -0.3 is 20.3 Å². The number of anilines is 1. The number of nitrogens with one attached hydrogen (secondary N) is 2. The van der Waals surface area contributed by atoms with E-state index in [0.29, 0.717) is 24.7 Å². The SMILES string of the molecule is CN=C(NCc1ccc(OCC(F)(F)F)cc1)NCc1ccc(N(C)C)c(F)c1.I. The zero-order valence-corrected chi connectivity index (χ0v) is 19.2. The van der Waals surface area contributed by atoms with Crippen molar-refractivity contribution in [2.45, 2.75) is 19.3 Å². The molecular formula is C20H25F4IN4O. The summed E-state index contributed by atoms with van der Waals surface area (Å²) in [5, 5.41) is 6.18. The Bertz CT molecular complexity index is 827. The fourth-order valence-electron chi connectivity index (χ4n) is 2.48. The van der Waals surface area contributed by atoms with Gasteiger partial charge in [-0.1, -0.05) is 18.2 Å². The van der Waals surface area contributed by atoms with Crippen LogP contribution >= 0.6 is 24.0 Å². The highest BCUT2D eigenvalue weighted by Gasteiger charge is 2.28. The maximum Gasteiger partial charge on any atom is 0.422 e. The van der Waals surface area contributed by atoms with Crippen molar-refractivity contribution >= 4 is 35.6 Å². The molecule has 0 atom stereocenters. The molecule has 0 saturated heterocycles. The van der Waals surface area contributed by atoms with Crippen LogP contribution in [-0.4, -0.2) is 39.9 Å². The molecule has 0 radical (unpaired) electrons. The summed E-state index contributed by atoms with van der Waals surface area (Å²) >= 11 is 0. The minimum absolute atomic E-state index is 0. The summed E-state index contributed by atoms with van der Waals surface area (Å²) in [5.41, 5.74) is 2.12. The lowest BCUT2D eigenvalue weighted by molar-refractivity contribution is -0.153. The Balaban J connectivity index is 0.00000450. The second-order valence-corrected chi connectivity index (χ2v) is 6.51. The topological polar surface area (TPSA) is 48.9 Å². The Morgan fingerprint density at radius 2 is 1.57 bits per heavy atom. The van der Waals surface area contributed by atoms with E-state index >= 15 is 0 Å². The van der Waals surface area contributed by atoms with Gasteiger partial charge in [0.1, 0.15) is 11.6 Å². The van der Waals surface area contributed by atoms with Crippen molar-refractivity contribution in [3.63, 3.8) is 0 Å². The first kappa shape index (κ1) is 25.8. The van der Waals surface area contributed by atoms with Crippen molar-refractivity contribution < 1.29 is 22.3 Å². The minimum atomic E-state index is -4.37. The molecule has 0 aromatic heterocycles. The predicted octanol–water partition coefficient (Wildman–Crippen LogP) is 4.32. The van der Waals surface area contributed by atoms with Gasteiger partial charge >= 0.3 is 6.18 Å². The quantitative estimate of drug-likeness (QED) is 0.238. The molecule has 0 aliphatic carbocycles. The van der Waals surface area contributed by atoms with Gasteiger partial charge in [-0.3, -0.25) is 4.99 Å². The van der Waals surface area contributed by atoms with E-state index in [1.165, 1.54) is 18.2 Å². The first-order valence-corrected chi connectivity index (χ1v) is 8.86. The standard InChI is InChI=1S/C20H24F4N4O.HI/c1-25-19(27-12-15-6-9-18(28(2)3)17(21)10-15)26-11-14-4-7-16(8-5-14)29-13-20(22,23)24;/h4-10H,11-13H2,1-3H3,(H2,25,26,27);1H. The zero-order chi connectivity index (χ0) is 21.4. The first-order valence-electron chi connectivity index (χ1n) is 8.86. The van der Waals surface area contributed by atoms with Crippen LogP contribution in [0.15, 0.2) is 47.5 Å². The van der Waals surface area contributed by atoms with E-state index in [2.05, 4.69) is 20.4 Å². The number of hydrogen-bond donors (Lipinski definition) is 2. The average Bonchev–Trinajstić information content (AvgIpc) is 2.66. The average molecular weight is 540 g/mol. The van der Waals surface area contributed by atoms with Gasteiger partial charge in [0.05, 0.1) is 5.69 Å². The van der Waals surface area contributed by atoms with E-state index in [1.807, 2.05) is 6.07 Å². The Morgan fingerprint density at radius 3 is 2.07 bits per heavy atom. The van der Waals surface area contributed by atoms with Crippen molar-refractivity contribution in [2.75, 3.05) is 32.6 Å². The molecule has 0 saturated carbocycles. The molecule has 5 nitrogen and oxygen atoms in total. The molecule has 2 aromatic rings. The van der Waals surface area contributed by atoms with Crippen LogP contribution in [0, 0.1) is 5.82 Å². The first-order chi connectivity index (χ1) is 13.7. The second kappa shape index (κ2) is 11.8. The smallest absolute Gasteiger partial charge is 0.422 e. The minimum Gasteiger partial charge on any atom is -0.484 e. The monoisotopic (exact) mass is 540 g/mol. The molecule has 30 heavy (non-hydrogen) atoms. The fraction of sp³-hybridized carbons (Fsp3) is 0.350. The third-order valence-corrected chi connectivity index (χ3v) is 3.96. The van der Waals surface area contributed by atoms with E-state index in [9.17, 15) is 17.6 Å². The van der Waals surface area contributed by atoms with Crippen LogP contribution in [0.4, 0.5) is 23.2 Å². The molecule has 10 heteroatoms. The van der Waals surface area contributed by atoms with Crippen LogP contribution in [-0.2, 0) is 13.1 Å². The lowest BCUT2D eigenvalue weighted by atomic mass is 10.2. The highest BCUT2D eigenvalue weighted by molar-refractivity contribution is 14.0. The van der Waals surface area contributed by atoms with Crippen LogP contribution in [0.25, 0.3) is 0 Å².